The summed E-state index contributed by atoms with van der Waals surface area (Å²) in [6, 6.07) is 4.72. The van der Waals surface area contributed by atoms with Crippen LogP contribution in [-0.4, -0.2) is 42.7 Å². The van der Waals surface area contributed by atoms with Crippen LogP contribution in [0.15, 0.2) is 18.3 Å². The number of benzene rings is 1. The van der Waals surface area contributed by atoms with Gasteiger partial charge in [-0.2, -0.15) is 0 Å². The first-order valence-corrected chi connectivity index (χ1v) is 7.88. The van der Waals surface area contributed by atoms with Crippen LogP contribution in [-0.2, 0) is 12.8 Å². The molecular formula is C17H25N3O. The van der Waals surface area contributed by atoms with E-state index in [0.29, 0.717) is 6.04 Å². The highest BCUT2D eigenvalue weighted by atomic mass is 16.5. The van der Waals surface area contributed by atoms with Crippen molar-refractivity contribution in [3.05, 3.63) is 29.5 Å². The number of H-pyrrole nitrogens is 1. The molecule has 1 atom stereocenters. The largest absolute Gasteiger partial charge is 0.496 e. The Morgan fingerprint density at radius 3 is 2.90 bits per heavy atom. The first-order chi connectivity index (χ1) is 10.3. The molecule has 0 saturated heterocycles. The Balaban J connectivity index is 1.97. The van der Waals surface area contributed by atoms with E-state index in [2.05, 4.69) is 35.1 Å². The van der Waals surface area contributed by atoms with Gasteiger partial charge in [-0.1, -0.05) is 6.92 Å². The van der Waals surface area contributed by atoms with Gasteiger partial charge in [0.2, 0.25) is 0 Å². The number of nitrogens with two attached hydrogens (primary N) is 1. The molecule has 4 heteroatoms. The molecule has 0 bridgehead atoms. The summed E-state index contributed by atoms with van der Waals surface area (Å²) in [5.41, 5.74) is 9.78. The molecule has 21 heavy (non-hydrogen) atoms. The minimum atomic E-state index is 0.524. The van der Waals surface area contributed by atoms with Crippen LogP contribution in [0.2, 0.25) is 0 Å². The summed E-state index contributed by atoms with van der Waals surface area (Å²) >= 11 is 0. The van der Waals surface area contributed by atoms with E-state index in [1.54, 1.807) is 7.11 Å². The highest BCUT2D eigenvalue weighted by molar-refractivity contribution is 5.89. The molecule has 0 aliphatic heterocycles. The van der Waals surface area contributed by atoms with Crippen LogP contribution >= 0.6 is 0 Å². The van der Waals surface area contributed by atoms with Gasteiger partial charge in [-0.3, -0.25) is 4.90 Å². The van der Waals surface area contributed by atoms with Gasteiger partial charge in [0.1, 0.15) is 5.75 Å². The fraction of sp³-hybridized carbons (Fsp3) is 0.529. The van der Waals surface area contributed by atoms with E-state index in [1.165, 1.54) is 22.0 Å². The molecule has 114 valence electrons. The van der Waals surface area contributed by atoms with Crippen molar-refractivity contribution in [1.29, 1.82) is 0 Å². The fourth-order valence-electron chi connectivity index (χ4n) is 3.66. The van der Waals surface area contributed by atoms with Gasteiger partial charge < -0.3 is 15.5 Å². The summed E-state index contributed by atoms with van der Waals surface area (Å²) in [7, 11) is 1.76. The molecule has 0 spiro atoms. The molecule has 3 rings (SSSR count). The Kier molecular flexibility index (Phi) is 4.17. The third kappa shape index (κ3) is 2.54. The number of nitrogens with zero attached hydrogens (tertiary/aromatic N) is 1. The maximum Gasteiger partial charge on any atom is 0.122 e. The van der Waals surface area contributed by atoms with Crippen LogP contribution in [0.5, 0.6) is 5.75 Å². The number of ether oxygens (including phenoxy) is 1. The Bertz CT molecular complexity index is 614. The van der Waals surface area contributed by atoms with Gasteiger partial charge in [0, 0.05) is 41.8 Å². The van der Waals surface area contributed by atoms with E-state index < -0.39 is 0 Å². The van der Waals surface area contributed by atoms with Crippen LogP contribution in [0.4, 0.5) is 0 Å². The summed E-state index contributed by atoms with van der Waals surface area (Å²) in [6.07, 6.45) is 5.47. The van der Waals surface area contributed by atoms with Crippen LogP contribution in [0.25, 0.3) is 10.9 Å². The molecule has 2 aromatic rings. The summed E-state index contributed by atoms with van der Waals surface area (Å²) in [6.45, 7) is 5.03. The predicted octanol–water partition coefficient (Wildman–Crippen LogP) is 2.31. The van der Waals surface area contributed by atoms with Gasteiger partial charge >= 0.3 is 0 Å². The van der Waals surface area contributed by atoms with Gasteiger partial charge in [-0.05, 0) is 43.5 Å². The average molecular weight is 287 g/mol. The summed E-state index contributed by atoms with van der Waals surface area (Å²) in [5, 5.41) is 1.37. The van der Waals surface area contributed by atoms with E-state index in [4.69, 9.17) is 10.5 Å². The maximum absolute atomic E-state index is 5.80. The minimum Gasteiger partial charge on any atom is -0.496 e. The van der Waals surface area contributed by atoms with Crippen molar-refractivity contribution in [2.75, 3.05) is 26.7 Å². The third-order valence-corrected chi connectivity index (χ3v) is 4.55. The molecule has 0 amide bonds. The molecule has 0 fully saturated rings. The van der Waals surface area contributed by atoms with Crippen LogP contribution < -0.4 is 10.5 Å². The van der Waals surface area contributed by atoms with Crippen LogP contribution in [0.3, 0.4) is 0 Å². The average Bonchev–Trinajstić information content (AvgIpc) is 2.92. The second-order valence-electron chi connectivity index (χ2n) is 5.87. The lowest BCUT2D eigenvalue weighted by atomic mass is 9.87. The van der Waals surface area contributed by atoms with E-state index in [9.17, 15) is 0 Å². The molecule has 1 unspecified atom stereocenters. The zero-order valence-electron chi connectivity index (χ0n) is 13.0. The van der Waals surface area contributed by atoms with Crippen molar-refractivity contribution >= 4 is 10.9 Å². The van der Waals surface area contributed by atoms with Gasteiger partial charge in [0.25, 0.3) is 0 Å². The molecule has 0 radical (unpaired) electrons. The lowest BCUT2D eigenvalue weighted by Gasteiger charge is -2.34. The number of aromatic nitrogens is 1. The van der Waals surface area contributed by atoms with E-state index in [0.717, 1.165) is 44.6 Å². The minimum absolute atomic E-state index is 0.524. The first kappa shape index (κ1) is 14.4. The van der Waals surface area contributed by atoms with Crippen molar-refractivity contribution in [2.24, 2.45) is 5.73 Å². The lowest BCUT2D eigenvalue weighted by molar-refractivity contribution is 0.196. The second-order valence-corrected chi connectivity index (χ2v) is 5.87. The molecule has 3 N–H and O–H groups in total. The van der Waals surface area contributed by atoms with Crippen molar-refractivity contribution in [3.8, 4) is 5.75 Å². The van der Waals surface area contributed by atoms with Crippen molar-refractivity contribution < 1.29 is 4.74 Å². The van der Waals surface area contributed by atoms with Crippen LogP contribution in [0, 0.1) is 0 Å². The molecule has 4 nitrogen and oxygen atoms in total. The Hall–Kier alpha value is -1.52. The van der Waals surface area contributed by atoms with Gasteiger partial charge in [0.05, 0.1) is 7.11 Å². The number of methoxy groups -OCH3 is 1. The Morgan fingerprint density at radius 2 is 2.19 bits per heavy atom. The molecule has 0 saturated carbocycles. The number of hydrogen-bond donors (Lipinski definition) is 2. The standard InChI is InChI=1S/C17H25N3O/c1-3-7-20(8-6-18)13-9-12-11-19-15-4-5-16(21-2)14(10-13)17(12)15/h4-5,11,13,19H,3,6-10,18H2,1-2H3. The van der Waals surface area contributed by atoms with E-state index in [1.807, 2.05) is 0 Å². The third-order valence-electron chi connectivity index (χ3n) is 4.55. The summed E-state index contributed by atoms with van der Waals surface area (Å²) in [4.78, 5) is 5.93. The highest BCUT2D eigenvalue weighted by Gasteiger charge is 2.27. The highest BCUT2D eigenvalue weighted by Crippen LogP contribution is 2.36. The Morgan fingerprint density at radius 1 is 1.33 bits per heavy atom. The smallest absolute Gasteiger partial charge is 0.122 e. The number of aromatic amines is 1. The maximum atomic E-state index is 5.80. The topological polar surface area (TPSA) is 54.3 Å². The molecular weight excluding hydrogens is 262 g/mol. The molecule has 1 aliphatic carbocycles. The molecule has 1 aliphatic rings. The van der Waals surface area contributed by atoms with Gasteiger partial charge in [0.15, 0.2) is 0 Å². The zero-order valence-corrected chi connectivity index (χ0v) is 13.0. The van der Waals surface area contributed by atoms with Crippen molar-refractivity contribution in [1.82, 2.24) is 9.88 Å². The summed E-state index contributed by atoms with van der Waals surface area (Å²) < 4.78 is 5.59. The van der Waals surface area contributed by atoms with Crippen LogP contribution in [0.1, 0.15) is 24.5 Å². The normalized spacial score (nSPS) is 17.6. The van der Waals surface area contributed by atoms with Crippen molar-refractivity contribution in [2.45, 2.75) is 32.2 Å². The lowest BCUT2D eigenvalue weighted by Crippen LogP contribution is -2.43. The monoisotopic (exact) mass is 287 g/mol. The number of hydrogen-bond acceptors (Lipinski definition) is 3. The molecule has 1 aromatic carbocycles. The zero-order chi connectivity index (χ0) is 14.8. The van der Waals surface area contributed by atoms with Gasteiger partial charge in [-0.25, -0.2) is 0 Å². The van der Waals surface area contributed by atoms with Gasteiger partial charge in [-0.15, -0.1) is 0 Å². The van der Waals surface area contributed by atoms with E-state index >= 15 is 0 Å². The quantitative estimate of drug-likeness (QED) is 0.857. The second kappa shape index (κ2) is 6.08. The van der Waals surface area contributed by atoms with E-state index in [-0.39, 0.29) is 0 Å². The number of nitrogens with one attached hydrogen (secondary N) is 1. The van der Waals surface area contributed by atoms with Crippen molar-refractivity contribution in [3.63, 3.8) is 0 Å². The molecule has 1 heterocycles. The molecule has 1 aromatic heterocycles. The summed E-state index contributed by atoms with van der Waals surface area (Å²) in [5.74, 6) is 1.01. The first-order valence-electron chi connectivity index (χ1n) is 7.88. The predicted molar refractivity (Wildman–Crippen MR) is 87.0 cm³/mol. The number of rotatable bonds is 6. The Labute approximate surface area is 126 Å². The fourth-order valence-corrected chi connectivity index (χ4v) is 3.66. The SMILES string of the molecule is CCCN(CCN)C1Cc2c[nH]c3ccc(OC)c(c23)C1.